The van der Waals surface area contributed by atoms with E-state index in [1.807, 2.05) is 30.3 Å². The Hall–Kier alpha value is -0.860. The summed E-state index contributed by atoms with van der Waals surface area (Å²) >= 11 is 0. The number of quaternary nitrogens is 1. The lowest BCUT2D eigenvalue weighted by Crippen LogP contribution is -3.00. The predicted octanol–water partition coefficient (Wildman–Crippen LogP) is 4.43. The summed E-state index contributed by atoms with van der Waals surface area (Å²) in [4.78, 5) is 12.4. The highest BCUT2D eigenvalue weighted by atomic mass is 35.5. The van der Waals surface area contributed by atoms with Gasteiger partial charge >= 0.3 is 0 Å². The second-order valence-electron chi connectivity index (χ2n) is 9.20. The summed E-state index contributed by atoms with van der Waals surface area (Å²) < 4.78 is 0.798. The molecule has 0 saturated heterocycles. The molecule has 0 aliphatic rings. The Morgan fingerprint density at radius 3 is 1.55 bits per heavy atom. The van der Waals surface area contributed by atoms with Gasteiger partial charge in [-0.15, -0.1) is 0 Å². The molecule has 0 aliphatic heterocycles. The Kier molecular flexibility index (Phi) is 17.4. The number of ketones is 1. The van der Waals surface area contributed by atoms with Crippen molar-refractivity contribution in [2.45, 2.75) is 96.8 Å². The summed E-state index contributed by atoms with van der Waals surface area (Å²) in [6.07, 6.45) is 19.5. The molecule has 29 heavy (non-hydrogen) atoms. The van der Waals surface area contributed by atoms with Gasteiger partial charge < -0.3 is 16.9 Å². The van der Waals surface area contributed by atoms with Crippen LogP contribution in [0.15, 0.2) is 30.3 Å². The van der Waals surface area contributed by atoms with Crippen LogP contribution in [0.25, 0.3) is 0 Å². The van der Waals surface area contributed by atoms with E-state index < -0.39 is 0 Å². The largest absolute Gasteiger partial charge is 1.00 e. The first kappa shape index (κ1) is 28.1. The highest BCUT2D eigenvalue weighted by Gasteiger charge is 2.20. The molecule has 3 heteroatoms. The molecule has 0 spiro atoms. The maximum absolute atomic E-state index is 12.4. The molecule has 2 nitrogen and oxygen atoms in total. The summed E-state index contributed by atoms with van der Waals surface area (Å²) in [7, 11) is 4.37. The lowest BCUT2D eigenvalue weighted by molar-refractivity contribution is -0.882. The zero-order valence-electron chi connectivity index (χ0n) is 19.4. The first-order valence-electron chi connectivity index (χ1n) is 12.0. The number of benzene rings is 1. The molecular formula is C26H46ClNO. The molecule has 1 rings (SSSR count). The van der Waals surface area contributed by atoms with Gasteiger partial charge in [0, 0.05) is 5.56 Å². The lowest BCUT2D eigenvalue weighted by Gasteiger charge is -2.29. The topological polar surface area (TPSA) is 17.1 Å². The first-order valence-corrected chi connectivity index (χ1v) is 12.0. The molecule has 0 heterocycles. The van der Waals surface area contributed by atoms with Crippen molar-refractivity contribution in [1.82, 2.24) is 0 Å². The van der Waals surface area contributed by atoms with Gasteiger partial charge in [0.15, 0.2) is 0 Å². The van der Waals surface area contributed by atoms with Crippen LogP contribution in [0.3, 0.4) is 0 Å². The molecule has 0 fully saturated rings. The minimum Gasteiger partial charge on any atom is -1.00 e. The van der Waals surface area contributed by atoms with Gasteiger partial charge in [-0.1, -0.05) is 114 Å². The van der Waals surface area contributed by atoms with E-state index in [4.69, 9.17) is 0 Å². The summed E-state index contributed by atoms with van der Waals surface area (Å²) in [5.74, 6) is 0.260. The standard InChI is InChI=1S/C26H46NO.ClH/c1-4-5-6-7-8-9-10-11-12-13-14-15-16-20-23-27(2,3)24-26(28)25-21-18-17-19-22-25;/h17-19,21-22H,4-16,20,23-24H2,1-3H3;1H/q+1;/p-1. The third kappa shape index (κ3) is 15.6. The SMILES string of the molecule is CCCCCCCCCCCCCCCC[N+](C)(C)CC(=O)c1ccccc1.[Cl-]. The molecule has 0 amide bonds. The number of Topliss-reactive ketones (excluding diaryl/α,β-unsaturated/α-hetero) is 1. The Morgan fingerprint density at radius 2 is 1.10 bits per heavy atom. The Balaban J connectivity index is 0.00000784. The van der Waals surface area contributed by atoms with Gasteiger partial charge in [-0.25, -0.2) is 0 Å². The summed E-state index contributed by atoms with van der Waals surface area (Å²) in [5.41, 5.74) is 0.842. The van der Waals surface area contributed by atoms with Crippen LogP contribution in [0.5, 0.6) is 0 Å². The first-order chi connectivity index (χ1) is 13.5. The van der Waals surface area contributed by atoms with Crippen molar-refractivity contribution in [3.8, 4) is 0 Å². The average molecular weight is 424 g/mol. The molecule has 0 aliphatic carbocycles. The van der Waals surface area contributed by atoms with E-state index in [9.17, 15) is 4.79 Å². The van der Waals surface area contributed by atoms with Crippen molar-refractivity contribution in [2.75, 3.05) is 27.2 Å². The number of rotatable bonds is 18. The molecule has 0 radical (unpaired) electrons. The second kappa shape index (κ2) is 18.0. The summed E-state index contributed by atoms with van der Waals surface area (Å²) in [6.45, 7) is 3.98. The van der Waals surface area contributed by atoms with Crippen LogP contribution in [-0.2, 0) is 0 Å². The number of carbonyl (C=O) groups excluding carboxylic acids is 1. The van der Waals surface area contributed by atoms with Crippen LogP contribution < -0.4 is 12.4 Å². The van der Waals surface area contributed by atoms with E-state index in [1.165, 1.54) is 89.9 Å². The van der Waals surface area contributed by atoms with Crippen molar-refractivity contribution in [2.24, 2.45) is 0 Å². The molecule has 1 aromatic rings. The number of nitrogens with zero attached hydrogens (tertiary/aromatic N) is 1. The van der Waals surface area contributed by atoms with Gasteiger partial charge in [0.05, 0.1) is 20.6 Å². The maximum atomic E-state index is 12.4. The Bertz CT molecular complexity index is 501. The van der Waals surface area contributed by atoms with E-state index in [0.29, 0.717) is 6.54 Å². The van der Waals surface area contributed by atoms with Crippen molar-refractivity contribution < 1.29 is 21.7 Å². The highest BCUT2D eigenvalue weighted by molar-refractivity contribution is 5.96. The van der Waals surface area contributed by atoms with Crippen molar-refractivity contribution in [1.29, 1.82) is 0 Å². The summed E-state index contributed by atoms with van der Waals surface area (Å²) in [6, 6.07) is 9.71. The highest BCUT2D eigenvalue weighted by Crippen LogP contribution is 2.14. The Morgan fingerprint density at radius 1 is 0.690 bits per heavy atom. The van der Waals surface area contributed by atoms with Crippen LogP contribution in [0.1, 0.15) is 107 Å². The monoisotopic (exact) mass is 423 g/mol. The fourth-order valence-corrected chi connectivity index (χ4v) is 3.92. The third-order valence-electron chi connectivity index (χ3n) is 5.78. The van der Waals surface area contributed by atoms with Crippen LogP contribution in [-0.4, -0.2) is 37.5 Å². The van der Waals surface area contributed by atoms with Crippen LogP contribution in [0, 0.1) is 0 Å². The molecule has 0 saturated carbocycles. The van der Waals surface area contributed by atoms with Gasteiger partial charge in [0.1, 0.15) is 6.54 Å². The van der Waals surface area contributed by atoms with Crippen LogP contribution in [0.2, 0.25) is 0 Å². The number of carbonyl (C=O) groups is 1. The quantitative estimate of drug-likeness (QED) is 0.194. The second-order valence-corrected chi connectivity index (χ2v) is 9.20. The zero-order valence-corrected chi connectivity index (χ0v) is 20.2. The number of halogens is 1. The van der Waals surface area contributed by atoms with E-state index in [2.05, 4.69) is 21.0 Å². The van der Waals surface area contributed by atoms with Crippen molar-refractivity contribution >= 4 is 5.78 Å². The predicted molar refractivity (Wildman–Crippen MR) is 123 cm³/mol. The Labute approximate surface area is 187 Å². The number of hydrogen-bond donors (Lipinski definition) is 0. The number of likely N-dealkylation sites (N-methyl/N-ethyl adjacent to an activating group) is 1. The molecule has 168 valence electrons. The maximum Gasteiger partial charge on any atom is 0.216 e. The van der Waals surface area contributed by atoms with E-state index >= 15 is 0 Å². The number of hydrogen-bond acceptors (Lipinski definition) is 1. The fraction of sp³-hybridized carbons (Fsp3) is 0.731. The van der Waals surface area contributed by atoms with Crippen molar-refractivity contribution in [3.63, 3.8) is 0 Å². The number of unbranched alkanes of at least 4 members (excludes halogenated alkanes) is 13. The minimum atomic E-state index is 0. The lowest BCUT2D eigenvalue weighted by atomic mass is 10.0. The summed E-state index contributed by atoms with van der Waals surface area (Å²) in [5, 5.41) is 0. The van der Waals surface area contributed by atoms with E-state index in [-0.39, 0.29) is 18.2 Å². The molecule has 0 atom stereocenters. The van der Waals surface area contributed by atoms with E-state index in [0.717, 1.165) is 16.6 Å². The van der Waals surface area contributed by atoms with Gasteiger partial charge in [-0.3, -0.25) is 4.79 Å². The van der Waals surface area contributed by atoms with Gasteiger partial charge in [0.2, 0.25) is 5.78 Å². The van der Waals surface area contributed by atoms with E-state index in [1.54, 1.807) is 0 Å². The van der Waals surface area contributed by atoms with Gasteiger partial charge in [-0.05, 0) is 12.8 Å². The van der Waals surface area contributed by atoms with Gasteiger partial charge in [0.25, 0.3) is 0 Å². The van der Waals surface area contributed by atoms with Crippen LogP contribution in [0.4, 0.5) is 0 Å². The molecule has 0 aromatic heterocycles. The third-order valence-corrected chi connectivity index (χ3v) is 5.78. The normalized spacial score (nSPS) is 11.3. The molecular weight excluding hydrogens is 378 g/mol. The minimum absolute atomic E-state index is 0. The molecule has 1 aromatic carbocycles. The molecule has 0 bridgehead atoms. The van der Waals surface area contributed by atoms with Gasteiger partial charge in [-0.2, -0.15) is 0 Å². The fourth-order valence-electron chi connectivity index (χ4n) is 3.92. The van der Waals surface area contributed by atoms with Crippen molar-refractivity contribution in [3.05, 3.63) is 35.9 Å². The molecule has 0 unspecified atom stereocenters. The zero-order chi connectivity index (χ0) is 20.5. The van der Waals surface area contributed by atoms with Crippen LogP contribution >= 0.6 is 0 Å². The smallest absolute Gasteiger partial charge is 0.216 e. The average Bonchev–Trinajstić information content (AvgIpc) is 2.68. The molecule has 0 N–H and O–H groups in total.